The monoisotopic (exact) mass is 192 g/mol. The molecule has 0 unspecified atom stereocenters. The van der Waals surface area contributed by atoms with Crippen LogP contribution in [-0.2, 0) is 0 Å². The van der Waals surface area contributed by atoms with Crippen molar-refractivity contribution in [1.82, 2.24) is 0 Å². The van der Waals surface area contributed by atoms with E-state index in [0.29, 0.717) is 6.04 Å². The minimum Gasteiger partial charge on any atom is -0.383 e. The molecule has 2 nitrogen and oxygen atoms in total. The fourth-order valence-corrected chi connectivity index (χ4v) is 1.35. The molecule has 0 amide bonds. The Bertz CT molecular complexity index is 281. The summed E-state index contributed by atoms with van der Waals surface area (Å²) in [6, 6.07) is 9.00. The first-order valence-corrected chi connectivity index (χ1v) is 5.21. The van der Waals surface area contributed by atoms with E-state index in [2.05, 4.69) is 62.3 Å². The zero-order valence-corrected chi connectivity index (χ0v) is 9.54. The summed E-state index contributed by atoms with van der Waals surface area (Å²) in [5.41, 5.74) is 2.45. The van der Waals surface area contributed by atoms with Crippen LogP contribution < -0.4 is 10.2 Å². The van der Waals surface area contributed by atoms with Gasteiger partial charge in [0.05, 0.1) is 0 Å². The third kappa shape index (κ3) is 2.95. The Labute approximate surface area is 86.9 Å². The second kappa shape index (κ2) is 4.89. The quantitative estimate of drug-likeness (QED) is 0.789. The number of anilines is 2. The van der Waals surface area contributed by atoms with Gasteiger partial charge in [-0.05, 0) is 39.0 Å². The SMILES string of the molecule is CCN(C)c1cccc(NC(C)C)c1. The molecule has 0 radical (unpaired) electrons. The molecular weight excluding hydrogens is 172 g/mol. The molecule has 0 saturated carbocycles. The van der Waals surface area contributed by atoms with Gasteiger partial charge in [-0.25, -0.2) is 0 Å². The Morgan fingerprint density at radius 2 is 2.07 bits per heavy atom. The zero-order valence-electron chi connectivity index (χ0n) is 9.54. The van der Waals surface area contributed by atoms with Gasteiger partial charge in [0.2, 0.25) is 0 Å². The molecule has 0 aromatic heterocycles. The number of rotatable bonds is 4. The second-order valence-electron chi connectivity index (χ2n) is 3.86. The van der Waals surface area contributed by atoms with Crippen molar-refractivity contribution in [2.24, 2.45) is 0 Å². The number of nitrogens with one attached hydrogen (secondary N) is 1. The van der Waals surface area contributed by atoms with E-state index in [1.165, 1.54) is 11.4 Å². The van der Waals surface area contributed by atoms with Crippen LogP contribution in [-0.4, -0.2) is 19.6 Å². The van der Waals surface area contributed by atoms with Crippen LogP contribution in [0, 0.1) is 0 Å². The van der Waals surface area contributed by atoms with E-state index in [1.807, 2.05) is 0 Å². The van der Waals surface area contributed by atoms with Crippen molar-refractivity contribution in [1.29, 1.82) is 0 Å². The third-order valence-corrected chi connectivity index (χ3v) is 2.22. The highest BCUT2D eigenvalue weighted by Gasteiger charge is 2.00. The Balaban J connectivity index is 2.78. The molecule has 1 aromatic rings. The van der Waals surface area contributed by atoms with Crippen LogP contribution in [0.1, 0.15) is 20.8 Å². The predicted molar refractivity (Wildman–Crippen MR) is 64.1 cm³/mol. The second-order valence-corrected chi connectivity index (χ2v) is 3.86. The van der Waals surface area contributed by atoms with Crippen LogP contribution in [0.2, 0.25) is 0 Å². The smallest absolute Gasteiger partial charge is 0.0384 e. The van der Waals surface area contributed by atoms with Crippen LogP contribution in [0.25, 0.3) is 0 Å². The lowest BCUT2D eigenvalue weighted by molar-refractivity contribution is 0.898. The van der Waals surface area contributed by atoms with E-state index in [4.69, 9.17) is 0 Å². The Hall–Kier alpha value is -1.18. The van der Waals surface area contributed by atoms with Crippen molar-refractivity contribution in [3.8, 4) is 0 Å². The lowest BCUT2D eigenvalue weighted by atomic mass is 10.2. The number of nitrogens with zero attached hydrogens (tertiary/aromatic N) is 1. The summed E-state index contributed by atoms with van der Waals surface area (Å²) in [5.74, 6) is 0. The Kier molecular flexibility index (Phi) is 3.81. The van der Waals surface area contributed by atoms with E-state index in [1.54, 1.807) is 0 Å². The highest BCUT2D eigenvalue weighted by atomic mass is 15.1. The number of hydrogen-bond donors (Lipinski definition) is 1. The first-order valence-electron chi connectivity index (χ1n) is 5.21. The topological polar surface area (TPSA) is 15.3 Å². The molecule has 0 heterocycles. The molecule has 0 aliphatic heterocycles. The van der Waals surface area contributed by atoms with Gasteiger partial charge in [0.1, 0.15) is 0 Å². The van der Waals surface area contributed by atoms with E-state index >= 15 is 0 Å². The molecule has 78 valence electrons. The molecule has 0 bridgehead atoms. The Morgan fingerprint density at radius 1 is 1.36 bits per heavy atom. The van der Waals surface area contributed by atoms with Crippen LogP contribution in [0.15, 0.2) is 24.3 Å². The maximum Gasteiger partial charge on any atom is 0.0384 e. The molecule has 0 fully saturated rings. The summed E-state index contributed by atoms with van der Waals surface area (Å²) in [7, 11) is 2.11. The van der Waals surface area contributed by atoms with Crippen molar-refractivity contribution in [2.45, 2.75) is 26.8 Å². The van der Waals surface area contributed by atoms with E-state index in [9.17, 15) is 0 Å². The van der Waals surface area contributed by atoms with Gasteiger partial charge in [-0.1, -0.05) is 6.07 Å². The minimum absolute atomic E-state index is 0.484. The maximum absolute atomic E-state index is 3.40. The average Bonchev–Trinajstić information content (AvgIpc) is 2.16. The summed E-state index contributed by atoms with van der Waals surface area (Å²) >= 11 is 0. The first-order chi connectivity index (χ1) is 6.63. The van der Waals surface area contributed by atoms with Crippen LogP contribution >= 0.6 is 0 Å². The standard InChI is InChI=1S/C12H20N2/c1-5-14(4)12-8-6-7-11(9-12)13-10(2)3/h6-10,13H,5H2,1-4H3. The Morgan fingerprint density at radius 3 is 2.64 bits per heavy atom. The fourth-order valence-electron chi connectivity index (χ4n) is 1.35. The lowest BCUT2D eigenvalue weighted by Crippen LogP contribution is -2.16. The molecule has 1 N–H and O–H groups in total. The summed E-state index contributed by atoms with van der Waals surface area (Å²) < 4.78 is 0. The highest BCUT2D eigenvalue weighted by Crippen LogP contribution is 2.18. The normalized spacial score (nSPS) is 10.4. The number of benzene rings is 1. The van der Waals surface area contributed by atoms with E-state index in [0.717, 1.165) is 6.54 Å². The van der Waals surface area contributed by atoms with Crippen molar-refractivity contribution >= 4 is 11.4 Å². The molecule has 1 aromatic carbocycles. The van der Waals surface area contributed by atoms with Gasteiger partial charge in [0.25, 0.3) is 0 Å². The van der Waals surface area contributed by atoms with Crippen molar-refractivity contribution in [2.75, 3.05) is 23.8 Å². The van der Waals surface area contributed by atoms with Crippen molar-refractivity contribution in [3.05, 3.63) is 24.3 Å². The molecule has 0 aliphatic carbocycles. The van der Waals surface area contributed by atoms with E-state index in [-0.39, 0.29) is 0 Å². The van der Waals surface area contributed by atoms with Gasteiger partial charge in [-0.2, -0.15) is 0 Å². The molecule has 14 heavy (non-hydrogen) atoms. The van der Waals surface area contributed by atoms with Crippen LogP contribution in [0.3, 0.4) is 0 Å². The largest absolute Gasteiger partial charge is 0.383 e. The van der Waals surface area contributed by atoms with E-state index < -0.39 is 0 Å². The van der Waals surface area contributed by atoms with Crippen molar-refractivity contribution in [3.63, 3.8) is 0 Å². The molecular formula is C12H20N2. The lowest BCUT2D eigenvalue weighted by Gasteiger charge is -2.18. The van der Waals surface area contributed by atoms with Gasteiger partial charge in [0, 0.05) is 31.0 Å². The molecule has 0 atom stereocenters. The van der Waals surface area contributed by atoms with Gasteiger partial charge in [-0.3, -0.25) is 0 Å². The average molecular weight is 192 g/mol. The summed E-state index contributed by atoms with van der Waals surface area (Å²) in [6.45, 7) is 7.49. The summed E-state index contributed by atoms with van der Waals surface area (Å²) in [5, 5.41) is 3.40. The van der Waals surface area contributed by atoms with Gasteiger partial charge in [-0.15, -0.1) is 0 Å². The van der Waals surface area contributed by atoms with Crippen LogP contribution in [0.4, 0.5) is 11.4 Å². The first kappa shape index (κ1) is 10.9. The molecule has 2 heteroatoms. The fraction of sp³-hybridized carbons (Fsp3) is 0.500. The molecule has 0 saturated heterocycles. The summed E-state index contributed by atoms with van der Waals surface area (Å²) in [6.07, 6.45) is 0. The number of hydrogen-bond acceptors (Lipinski definition) is 2. The third-order valence-electron chi connectivity index (χ3n) is 2.22. The van der Waals surface area contributed by atoms with Gasteiger partial charge in [0.15, 0.2) is 0 Å². The summed E-state index contributed by atoms with van der Waals surface area (Å²) in [4.78, 5) is 2.23. The maximum atomic E-state index is 3.40. The highest BCUT2D eigenvalue weighted by molar-refractivity contribution is 5.57. The van der Waals surface area contributed by atoms with Crippen molar-refractivity contribution < 1.29 is 0 Å². The molecule has 1 rings (SSSR count). The van der Waals surface area contributed by atoms with Crippen LogP contribution in [0.5, 0.6) is 0 Å². The molecule has 0 aliphatic rings. The zero-order chi connectivity index (χ0) is 10.6. The predicted octanol–water partition coefficient (Wildman–Crippen LogP) is 2.96. The molecule has 0 spiro atoms. The minimum atomic E-state index is 0.484. The van der Waals surface area contributed by atoms with Gasteiger partial charge >= 0.3 is 0 Å². The van der Waals surface area contributed by atoms with Gasteiger partial charge < -0.3 is 10.2 Å².